The molecule has 0 bridgehead atoms. The van der Waals surface area contributed by atoms with Crippen molar-refractivity contribution >= 4 is 5.97 Å². The number of hydrogen-bond acceptors (Lipinski definition) is 1. The van der Waals surface area contributed by atoms with Crippen LogP contribution in [0.4, 0.5) is 0 Å². The predicted octanol–water partition coefficient (Wildman–Crippen LogP) is 7.03. The molecule has 0 amide bonds. The molecule has 0 aliphatic heterocycles. The van der Waals surface area contributed by atoms with Crippen LogP contribution in [0, 0.1) is 71.0 Å². The third-order valence-electron chi connectivity index (χ3n) is 10.7. The van der Waals surface area contributed by atoms with Crippen LogP contribution < -0.4 is 0 Å². The van der Waals surface area contributed by atoms with Gasteiger partial charge in [0.05, 0.1) is 0 Å². The molecule has 6 aliphatic rings. The molecule has 0 aromatic rings. The van der Waals surface area contributed by atoms with Gasteiger partial charge in [0.25, 0.3) is 0 Å². The lowest BCUT2D eigenvalue weighted by Crippen LogP contribution is -1.96. The van der Waals surface area contributed by atoms with Gasteiger partial charge in [-0.2, -0.15) is 0 Å². The zero-order valence-corrected chi connectivity index (χ0v) is 19.2. The second kappa shape index (κ2) is 7.80. The molecule has 30 heavy (non-hydrogen) atoms. The molecule has 12 unspecified atom stereocenters. The van der Waals surface area contributed by atoms with Crippen LogP contribution in [0.5, 0.6) is 0 Å². The molecule has 6 aliphatic carbocycles. The standard InChI is InChI=1S/C28H44O2/c1-2-16-5-18(16)7-20-9-22(20)11-24-13-26(24)15-27-14-25(27)12-23-10-21(23)8-19-6-17(19)3-4-28(29)30/h16-27H,2-15H2,1H3,(H,29,30). The van der Waals surface area contributed by atoms with Gasteiger partial charge in [-0.3, -0.25) is 4.79 Å². The highest BCUT2D eigenvalue weighted by atomic mass is 16.4. The number of rotatable bonds is 14. The van der Waals surface area contributed by atoms with Gasteiger partial charge in [0.15, 0.2) is 0 Å². The maximum Gasteiger partial charge on any atom is 0.303 e. The van der Waals surface area contributed by atoms with Gasteiger partial charge < -0.3 is 5.11 Å². The summed E-state index contributed by atoms with van der Waals surface area (Å²) < 4.78 is 0. The van der Waals surface area contributed by atoms with Gasteiger partial charge in [0, 0.05) is 6.42 Å². The van der Waals surface area contributed by atoms with Gasteiger partial charge >= 0.3 is 5.97 Å². The van der Waals surface area contributed by atoms with E-state index in [1.807, 2.05) is 0 Å². The normalized spacial score (nSPS) is 52.0. The Bertz CT molecular complexity index is 657. The van der Waals surface area contributed by atoms with Gasteiger partial charge in [0.1, 0.15) is 0 Å². The van der Waals surface area contributed by atoms with Crippen molar-refractivity contribution in [3.05, 3.63) is 0 Å². The van der Waals surface area contributed by atoms with Crippen molar-refractivity contribution in [3.63, 3.8) is 0 Å². The first-order chi connectivity index (χ1) is 14.6. The van der Waals surface area contributed by atoms with Crippen LogP contribution in [0.3, 0.4) is 0 Å². The summed E-state index contributed by atoms with van der Waals surface area (Å²) in [6.07, 6.45) is 19.6. The zero-order chi connectivity index (χ0) is 20.4. The highest BCUT2D eigenvalue weighted by molar-refractivity contribution is 5.66. The molecule has 0 spiro atoms. The van der Waals surface area contributed by atoms with E-state index < -0.39 is 5.97 Å². The molecular weight excluding hydrogens is 368 g/mol. The first kappa shape index (κ1) is 20.1. The van der Waals surface area contributed by atoms with Crippen LogP contribution in [-0.2, 0) is 4.79 Å². The lowest BCUT2D eigenvalue weighted by Gasteiger charge is -2.03. The van der Waals surface area contributed by atoms with Crippen LogP contribution in [-0.4, -0.2) is 11.1 Å². The van der Waals surface area contributed by atoms with Crippen molar-refractivity contribution in [2.75, 3.05) is 0 Å². The fraction of sp³-hybridized carbons (Fsp3) is 0.964. The fourth-order valence-corrected chi connectivity index (χ4v) is 7.86. The van der Waals surface area contributed by atoms with Crippen molar-refractivity contribution in [3.8, 4) is 0 Å². The maximum absolute atomic E-state index is 10.7. The van der Waals surface area contributed by atoms with Crippen molar-refractivity contribution < 1.29 is 9.90 Å². The minimum Gasteiger partial charge on any atom is -0.481 e. The fourth-order valence-electron chi connectivity index (χ4n) is 7.86. The first-order valence-corrected chi connectivity index (χ1v) is 13.8. The smallest absolute Gasteiger partial charge is 0.303 e. The van der Waals surface area contributed by atoms with Crippen molar-refractivity contribution in [2.24, 2.45) is 71.0 Å². The Morgan fingerprint density at radius 3 is 1.20 bits per heavy atom. The van der Waals surface area contributed by atoms with Crippen LogP contribution in [0.2, 0.25) is 0 Å². The van der Waals surface area contributed by atoms with E-state index in [2.05, 4.69) is 6.92 Å². The molecule has 2 heteroatoms. The van der Waals surface area contributed by atoms with Gasteiger partial charge in [-0.15, -0.1) is 0 Å². The molecule has 12 atom stereocenters. The Labute approximate surface area is 184 Å². The van der Waals surface area contributed by atoms with E-state index in [1.165, 1.54) is 25.7 Å². The topological polar surface area (TPSA) is 37.3 Å². The number of carboxylic acid groups (broad SMARTS) is 1. The second-order valence-electron chi connectivity index (χ2n) is 13.1. The molecule has 1 N–H and O–H groups in total. The lowest BCUT2D eigenvalue weighted by molar-refractivity contribution is -0.137. The van der Waals surface area contributed by atoms with E-state index in [1.54, 1.807) is 51.4 Å². The van der Waals surface area contributed by atoms with Gasteiger partial charge in [-0.05, 0) is 148 Å². The second-order valence-corrected chi connectivity index (χ2v) is 13.1. The summed E-state index contributed by atoms with van der Waals surface area (Å²) in [6.45, 7) is 2.38. The SMILES string of the molecule is CCC1CC1CC1CC1CC1CC1CC1CC1CC1CC1CC1CC1CCC(=O)O. The molecule has 168 valence electrons. The van der Waals surface area contributed by atoms with E-state index in [-0.39, 0.29) is 0 Å². The largest absolute Gasteiger partial charge is 0.481 e. The third-order valence-corrected chi connectivity index (χ3v) is 10.7. The van der Waals surface area contributed by atoms with E-state index in [0.717, 1.165) is 77.4 Å². The Balaban J connectivity index is 0.806. The molecule has 6 saturated carbocycles. The molecule has 2 nitrogen and oxygen atoms in total. The minimum absolute atomic E-state index is 0.391. The predicted molar refractivity (Wildman–Crippen MR) is 120 cm³/mol. The molecule has 6 fully saturated rings. The summed E-state index contributed by atoms with van der Waals surface area (Å²) in [5.41, 5.74) is 0. The Morgan fingerprint density at radius 1 is 0.567 bits per heavy atom. The molecular formula is C28H44O2. The van der Waals surface area contributed by atoms with Crippen molar-refractivity contribution in [1.29, 1.82) is 0 Å². The van der Waals surface area contributed by atoms with Crippen LogP contribution in [0.15, 0.2) is 0 Å². The Morgan fingerprint density at radius 2 is 0.867 bits per heavy atom. The zero-order valence-electron chi connectivity index (χ0n) is 19.2. The summed E-state index contributed by atoms with van der Waals surface area (Å²) in [6, 6.07) is 0. The molecule has 0 heterocycles. The minimum atomic E-state index is -0.608. The quantitative estimate of drug-likeness (QED) is 0.332. The van der Waals surface area contributed by atoms with Crippen molar-refractivity contribution in [1.82, 2.24) is 0 Å². The highest BCUT2D eigenvalue weighted by Gasteiger charge is 2.52. The Kier molecular flexibility index (Phi) is 5.23. The average molecular weight is 413 g/mol. The van der Waals surface area contributed by atoms with E-state index in [0.29, 0.717) is 6.42 Å². The van der Waals surface area contributed by atoms with Crippen LogP contribution in [0.1, 0.15) is 96.8 Å². The third kappa shape index (κ3) is 4.93. The Hall–Kier alpha value is -0.530. The van der Waals surface area contributed by atoms with Gasteiger partial charge in [-0.1, -0.05) is 13.3 Å². The highest BCUT2D eigenvalue weighted by Crippen LogP contribution is 2.62. The maximum atomic E-state index is 10.7. The summed E-state index contributed by atoms with van der Waals surface area (Å²) in [5.74, 6) is 12.1. The number of carbonyl (C=O) groups is 1. The van der Waals surface area contributed by atoms with Crippen molar-refractivity contribution in [2.45, 2.75) is 96.8 Å². The van der Waals surface area contributed by atoms with E-state index >= 15 is 0 Å². The first-order valence-electron chi connectivity index (χ1n) is 13.8. The number of aliphatic carboxylic acids is 1. The summed E-state index contributed by atoms with van der Waals surface area (Å²) >= 11 is 0. The van der Waals surface area contributed by atoms with Gasteiger partial charge in [-0.25, -0.2) is 0 Å². The van der Waals surface area contributed by atoms with E-state index in [4.69, 9.17) is 5.11 Å². The molecule has 0 saturated heterocycles. The lowest BCUT2D eigenvalue weighted by atomic mass is 10.0. The molecule has 0 radical (unpaired) electrons. The van der Waals surface area contributed by atoms with Crippen LogP contribution >= 0.6 is 0 Å². The summed E-state index contributed by atoms with van der Waals surface area (Å²) in [4.78, 5) is 10.7. The number of hydrogen-bond donors (Lipinski definition) is 1. The monoisotopic (exact) mass is 412 g/mol. The van der Waals surface area contributed by atoms with Crippen LogP contribution in [0.25, 0.3) is 0 Å². The molecule has 0 aromatic heterocycles. The average Bonchev–Trinajstić information content (AvgIpc) is 3.52. The number of carboxylic acids is 1. The molecule has 6 rings (SSSR count). The van der Waals surface area contributed by atoms with Gasteiger partial charge in [0.2, 0.25) is 0 Å². The molecule has 0 aromatic carbocycles. The summed E-state index contributed by atoms with van der Waals surface area (Å²) in [7, 11) is 0. The summed E-state index contributed by atoms with van der Waals surface area (Å²) in [5, 5.41) is 8.83. The van der Waals surface area contributed by atoms with E-state index in [9.17, 15) is 4.79 Å².